The standard InChI is InChI=1S/C43H62ClFN2O10/c1-12-34-43(9,52)39-25(4)35(46-28(7)48)23(2)20-42(8,54-22-30(21-53-39)15-13-14-29-16-17-32(45)31(44)19-29)38(26(5)36(49)27(6)40(51)56-34)57-41-37(50)33(47(10)11)18-24(3)55-41/h13-17,19,23-27,33-34,37-39,41,50,52H,12,18,20-22H2,1-11H3/b14-13+,30-15-,46-35?/t23?,24-,25?,26+,27-,33+,34-,37?,38?,39?,41+,42-,43-/m1/s1. The van der Waals surface area contributed by atoms with Crippen LogP contribution < -0.4 is 0 Å². The van der Waals surface area contributed by atoms with Crippen LogP contribution in [0.4, 0.5) is 4.39 Å². The summed E-state index contributed by atoms with van der Waals surface area (Å²) in [6.45, 7) is 15.0. The number of ether oxygens (including phenoxy) is 5. The van der Waals surface area contributed by atoms with Crippen molar-refractivity contribution < 1.29 is 52.7 Å². The van der Waals surface area contributed by atoms with Crippen molar-refractivity contribution in [1.29, 1.82) is 0 Å². The van der Waals surface area contributed by atoms with E-state index >= 15 is 0 Å². The first kappa shape index (κ1) is 46.8. The lowest BCUT2D eigenvalue weighted by Crippen LogP contribution is -2.60. The van der Waals surface area contributed by atoms with E-state index in [4.69, 9.17) is 35.3 Å². The first-order chi connectivity index (χ1) is 26.6. The van der Waals surface area contributed by atoms with Crippen molar-refractivity contribution in [1.82, 2.24) is 4.90 Å². The molecule has 4 rings (SSSR count). The molecule has 3 aliphatic heterocycles. The summed E-state index contributed by atoms with van der Waals surface area (Å²) in [7, 11) is 3.72. The number of carbonyl (C=O) groups is 3. The number of aliphatic hydroxyl groups is 2. The second kappa shape index (κ2) is 19.5. The third-order valence-electron chi connectivity index (χ3n) is 11.7. The molecular weight excluding hydrogens is 759 g/mol. The Morgan fingerprint density at radius 3 is 2.42 bits per heavy atom. The normalized spacial score (nSPS) is 39.2. The van der Waals surface area contributed by atoms with Crippen molar-refractivity contribution in [3.63, 3.8) is 0 Å². The number of carbonyl (C=O) groups excluding carboxylic acids is 3. The maximum Gasteiger partial charge on any atom is 0.316 e. The molecule has 13 atom stereocenters. The molecule has 0 spiro atoms. The van der Waals surface area contributed by atoms with Crippen LogP contribution >= 0.6 is 11.6 Å². The van der Waals surface area contributed by atoms with Crippen molar-refractivity contribution in [2.24, 2.45) is 28.7 Å². The van der Waals surface area contributed by atoms with Crippen molar-refractivity contribution in [2.45, 2.75) is 136 Å². The summed E-state index contributed by atoms with van der Waals surface area (Å²) in [6.07, 6.45) is 0.250. The summed E-state index contributed by atoms with van der Waals surface area (Å²) in [5.41, 5.74) is -1.52. The van der Waals surface area contributed by atoms with Gasteiger partial charge < -0.3 is 38.8 Å². The molecule has 2 bridgehead atoms. The van der Waals surface area contributed by atoms with Gasteiger partial charge in [0.15, 0.2) is 12.1 Å². The van der Waals surface area contributed by atoms with Gasteiger partial charge in [-0.05, 0) is 90.2 Å². The zero-order valence-electron chi connectivity index (χ0n) is 35.2. The predicted molar refractivity (Wildman–Crippen MR) is 215 cm³/mol. The Morgan fingerprint density at radius 2 is 1.81 bits per heavy atom. The molecule has 14 heteroatoms. The molecule has 5 unspecified atom stereocenters. The Morgan fingerprint density at radius 1 is 1.12 bits per heavy atom. The number of amides is 1. The van der Waals surface area contributed by atoms with Crippen LogP contribution in [-0.2, 0) is 38.1 Å². The van der Waals surface area contributed by atoms with E-state index in [0.29, 0.717) is 23.3 Å². The number of aliphatic imine (C=N–C) groups is 1. The van der Waals surface area contributed by atoms with Crippen molar-refractivity contribution >= 4 is 41.0 Å². The molecule has 318 valence electrons. The third kappa shape index (κ3) is 11.0. The average Bonchev–Trinajstić information content (AvgIpc) is 3.15. The van der Waals surface area contributed by atoms with E-state index in [1.54, 1.807) is 45.1 Å². The Kier molecular flexibility index (Phi) is 16.0. The van der Waals surface area contributed by atoms with Gasteiger partial charge in [-0.2, -0.15) is 0 Å². The number of ketones is 1. The van der Waals surface area contributed by atoms with E-state index in [-0.39, 0.29) is 43.2 Å². The molecule has 3 saturated heterocycles. The lowest BCUT2D eigenvalue weighted by atomic mass is 9.73. The quantitative estimate of drug-likeness (QED) is 0.258. The van der Waals surface area contributed by atoms with Crippen molar-refractivity contribution in [3.8, 4) is 0 Å². The summed E-state index contributed by atoms with van der Waals surface area (Å²) < 4.78 is 46.4. The zero-order valence-corrected chi connectivity index (χ0v) is 35.9. The molecule has 2 N–H and O–H groups in total. The molecule has 57 heavy (non-hydrogen) atoms. The number of likely N-dealkylation sites (N-methyl/N-ethyl adjacent to an activating group) is 1. The number of rotatable bonds is 6. The van der Waals surface area contributed by atoms with Gasteiger partial charge in [0.2, 0.25) is 5.91 Å². The van der Waals surface area contributed by atoms with E-state index in [9.17, 15) is 29.0 Å². The van der Waals surface area contributed by atoms with Crippen molar-refractivity contribution in [3.05, 3.63) is 52.3 Å². The van der Waals surface area contributed by atoms with Crippen LogP contribution in [0.3, 0.4) is 0 Å². The van der Waals surface area contributed by atoms with Crippen LogP contribution in [0.2, 0.25) is 5.02 Å². The number of hydrogen-bond acceptors (Lipinski definition) is 11. The largest absolute Gasteiger partial charge is 0.459 e. The van der Waals surface area contributed by atoms with Gasteiger partial charge >= 0.3 is 5.97 Å². The smallest absolute Gasteiger partial charge is 0.316 e. The Hall–Kier alpha value is -2.88. The van der Waals surface area contributed by atoms with E-state index in [2.05, 4.69) is 4.99 Å². The fourth-order valence-electron chi connectivity index (χ4n) is 8.58. The summed E-state index contributed by atoms with van der Waals surface area (Å²) in [6, 6.07) is 4.04. The number of halogens is 2. The van der Waals surface area contributed by atoms with Gasteiger partial charge in [0.05, 0.1) is 42.1 Å². The van der Waals surface area contributed by atoms with E-state index < -0.39 is 89.1 Å². The first-order valence-corrected chi connectivity index (χ1v) is 20.3. The third-order valence-corrected chi connectivity index (χ3v) is 12.0. The van der Waals surface area contributed by atoms with E-state index in [1.165, 1.54) is 32.9 Å². The molecule has 1 aromatic rings. The van der Waals surface area contributed by atoms with Crippen molar-refractivity contribution in [2.75, 3.05) is 27.3 Å². The highest BCUT2D eigenvalue weighted by atomic mass is 35.5. The van der Waals surface area contributed by atoms with Crippen LogP contribution in [0.5, 0.6) is 0 Å². The lowest BCUT2D eigenvalue weighted by Gasteiger charge is -2.47. The molecule has 12 nitrogen and oxygen atoms in total. The van der Waals surface area contributed by atoms with Gasteiger partial charge in [-0.1, -0.05) is 63.6 Å². The second-order valence-electron chi connectivity index (χ2n) is 16.7. The highest BCUT2D eigenvalue weighted by Crippen LogP contribution is 2.40. The first-order valence-electron chi connectivity index (χ1n) is 19.9. The van der Waals surface area contributed by atoms with Gasteiger partial charge in [0, 0.05) is 30.5 Å². The minimum Gasteiger partial charge on any atom is -0.459 e. The fraction of sp³-hybridized carbons (Fsp3) is 0.674. The molecule has 3 heterocycles. The Balaban J connectivity index is 1.97. The summed E-state index contributed by atoms with van der Waals surface area (Å²) in [4.78, 5) is 47.5. The van der Waals surface area contributed by atoms with Crippen LogP contribution in [0.25, 0.3) is 6.08 Å². The molecule has 0 radical (unpaired) electrons. The van der Waals surface area contributed by atoms with Gasteiger partial charge in [-0.25, -0.2) is 9.38 Å². The van der Waals surface area contributed by atoms with Gasteiger partial charge in [-0.3, -0.25) is 14.4 Å². The van der Waals surface area contributed by atoms with Gasteiger partial charge in [-0.15, -0.1) is 0 Å². The minimum atomic E-state index is -1.83. The Labute approximate surface area is 341 Å². The molecule has 0 aliphatic carbocycles. The van der Waals surface area contributed by atoms with E-state index in [1.807, 2.05) is 39.8 Å². The van der Waals surface area contributed by atoms with Crippen LogP contribution in [0, 0.1) is 29.5 Å². The number of Topliss-reactive ketones (excluding diaryl/α,β-unsaturated/α-hetero) is 1. The predicted octanol–water partition coefficient (Wildman–Crippen LogP) is 5.98. The number of aliphatic hydroxyl groups excluding tert-OH is 1. The number of nitrogens with zero attached hydrogens (tertiary/aromatic N) is 2. The monoisotopic (exact) mass is 820 g/mol. The van der Waals surface area contributed by atoms with E-state index in [0.717, 1.165) is 0 Å². The summed E-state index contributed by atoms with van der Waals surface area (Å²) in [5, 5.41) is 24.0. The molecule has 3 aliphatic rings. The van der Waals surface area contributed by atoms with Crippen LogP contribution in [0.15, 0.2) is 40.9 Å². The maximum absolute atomic E-state index is 14.5. The molecule has 1 amide bonds. The lowest BCUT2D eigenvalue weighted by molar-refractivity contribution is -0.296. The van der Waals surface area contributed by atoms with Gasteiger partial charge in [0.25, 0.3) is 0 Å². The molecule has 3 fully saturated rings. The number of esters is 1. The Bertz CT molecular complexity index is 1700. The second-order valence-corrected chi connectivity index (χ2v) is 17.1. The summed E-state index contributed by atoms with van der Waals surface area (Å²) in [5.74, 6) is -5.81. The number of cyclic esters (lactones) is 1. The number of hydrogen-bond donors (Lipinski definition) is 2. The molecule has 1 aromatic carbocycles. The SMILES string of the molecule is CC[C@H]1OC(=O)[C@H](C)C(=O)[C@H](C)C(O[C@@H]2O[C@H](C)C[C@H](N(C)C)C2O)[C@@]2(C)CC(C)C(=NC(C)=O)C(C)C(OC/C(=C/C=C/c3ccc(F)c(Cl)c3)CO2)[C@]1(C)O. The molecular formula is C43H62ClFN2O10. The zero-order chi connectivity index (χ0) is 42.6. The maximum atomic E-state index is 14.5. The molecule has 0 aromatic heterocycles. The highest BCUT2D eigenvalue weighted by Gasteiger charge is 2.53. The molecule has 0 saturated carbocycles. The average molecular weight is 821 g/mol. The number of benzene rings is 1. The van der Waals surface area contributed by atoms with Crippen LogP contribution in [-0.4, -0.2) is 120 Å². The minimum absolute atomic E-state index is 0.0238. The topological polar surface area (TPSA) is 153 Å². The summed E-state index contributed by atoms with van der Waals surface area (Å²) >= 11 is 6.04. The van der Waals surface area contributed by atoms with Crippen LogP contribution in [0.1, 0.15) is 87.1 Å². The fourth-order valence-corrected chi connectivity index (χ4v) is 8.77. The highest BCUT2D eigenvalue weighted by molar-refractivity contribution is 6.30. The number of allylic oxidation sites excluding steroid dienone is 2. The number of fused-ring (bicyclic) bond motifs is 5. The van der Waals surface area contributed by atoms with Gasteiger partial charge in [0.1, 0.15) is 29.5 Å².